The van der Waals surface area contributed by atoms with Gasteiger partial charge < -0.3 is 33.5 Å². The number of nitrogens with zero attached hydrogens (tertiary/aromatic N) is 3. The molecule has 11 heteroatoms. The minimum Gasteiger partial charge on any atom is -0.493 e. The van der Waals surface area contributed by atoms with Gasteiger partial charge in [0.05, 0.1) is 48.0 Å². The van der Waals surface area contributed by atoms with Crippen molar-refractivity contribution < 1.29 is 33.0 Å². The first-order valence-electron chi connectivity index (χ1n) is 12.3. The number of aromatic nitrogens is 2. The summed E-state index contributed by atoms with van der Waals surface area (Å²) in [5, 5.41) is 7.17. The number of carbonyl (C=O) groups excluding carboxylic acids is 1. The molecule has 38 heavy (non-hydrogen) atoms. The van der Waals surface area contributed by atoms with E-state index in [0.717, 1.165) is 30.5 Å². The Bertz CT molecular complexity index is 1250. The predicted molar refractivity (Wildman–Crippen MR) is 139 cm³/mol. The Balaban J connectivity index is 1.36. The van der Waals surface area contributed by atoms with Crippen molar-refractivity contribution in [2.24, 2.45) is 5.92 Å². The molecular weight excluding hydrogens is 492 g/mol. The van der Waals surface area contributed by atoms with Crippen LogP contribution < -0.4 is 29.0 Å². The van der Waals surface area contributed by atoms with Crippen LogP contribution in [0.2, 0.25) is 0 Å². The van der Waals surface area contributed by atoms with Crippen LogP contribution in [0.1, 0.15) is 24.3 Å². The van der Waals surface area contributed by atoms with E-state index in [1.165, 1.54) is 0 Å². The minimum absolute atomic E-state index is 0.0110. The topological polar surface area (TPSA) is 117 Å². The summed E-state index contributed by atoms with van der Waals surface area (Å²) in [7, 11) is 7.86. The number of nitrogens with one attached hydrogen (secondary N) is 1. The molecule has 1 atom stereocenters. The normalized spacial score (nSPS) is 15.6. The summed E-state index contributed by atoms with van der Waals surface area (Å²) in [5.41, 5.74) is 1.57. The zero-order chi connectivity index (χ0) is 27.1. The zero-order valence-electron chi connectivity index (χ0n) is 22.4. The maximum absolute atomic E-state index is 13.0. The van der Waals surface area contributed by atoms with Crippen LogP contribution in [0, 0.1) is 5.92 Å². The van der Waals surface area contributed by atoms with E-state index < -0.39 is 0 Å². The highest BCUT2D eigenvalue weighted by atomic mass is 16.5. The monoisotopic (exact) mass is 526 g/mol. The van der Waals surface area contributed by atoms with Crippen LogP contribution >= 0.6 is 0 Å². The Morgan fingerprint density at radius 2 is 1.71 bits per heavy atom. The van der Waals surface area contributed by atoms with Gasteiger partial charge in [-0.25, -0.2) is 0 Å². The molecule has 11 nitrogen and oxygen atoms in total. The molecule has 2 heterocycles. The maximum Gasteiger partial charge on any atom is 0.241 e. The number of methoxy groups -OCH3 is 5. The average Bonchev–Trinajstić information content (AvgIpc) is 3.43. The van der Waals surface area contributed by atoms with Crippen LogP contribution in [-0.4, -0.2) is 69.6 Å². The van der Waals surface area contributed by atoms with Crippen LogP contribution in [0.3, 0.4) is 0 Å². The van der Waals surface area contributed by atoms with Crippen molar-refractivity contribution in [3.05, 3.63) is 41.8 Å². The van der Waals surface area contributed by atoms with Gasteiger partial charge in [0.15, 0.2) is 23.0 Å². The lowest BCUT2D eigenvalue weighted by molar-refractivity contribution is -0.127. The Kier molecular flexibility index (Phi) is 8.90. The van der Waals surface area contributed by atoms with Crippen molar-refractivity contribution in [2.45, 2.75) is 25.9 Å². The summed E-state index contributed by atoms with van der Waals surface area (Å²) in [4.78, 5) is 19.8. The lowest BCUT2D eigenvalue weighted by Crippen LogP contribution is -2.42. The average molecular weight is 527 g/mol. The second-order valence-corrected chi connectivity index (χ2v) is 8.87. The van der Waals surface area contributed by atoms with Gasteiger partial charge in [-0.1, -0.05) is 5.16 Å². The summed E-state index contributed by atoms with van der Waals surface area (Å²) in [5.74, 6) is 3.62. The molecule has 1 N–H and O–H groups in total. The van der Waals surface area contributed by atoms with Crippen molar-refractivity contribution in [1.82, 2.24) is 20.4 Å². The quantitative estimate of drug-likeness (QED) is 0.399. The van der Waals surface area contributed by atoms with Crippen LogP contribution in [0.15, 0.2) is 34.9 Å². The lowest BCUT2D eigenvalue weighted by Gasteiger charge is -2.31. The van der Waals surface area contributed by atoms with Crippen LogP contribution in [0.5, 0.6) is 28.7 Å². The Morgan fingerprint density at radius 3 is 2.42 bits per heavy atom. The number of benzene rings is 2. The molecule has 0 bridgehead atoms. The molecule has 1 fully saturated rings. The van der Waals surface area contributed by atoms with E-state index in [1.54, 1.807) is 47.7 Å². The number of hydrogen-bond acceptors (Lipinski definition) is 10. The molecule has 3 aromatic rings. The summed E-state index contributed by atoms with van der Waals surface area (Å²) >= 11 is 0. The van der Waals surface area contributed by atoms with Gasteiger partial charge in [-0.15, -0.1) is 0 Å². The fraction of sp³-hybridized carbons (Fsp3) is 0.444. The van der Waals surface area contributed by atoms with E-state index in [9.17, 15) is 4.79 Å². The van der Waals surface area contributed by atoms with Gasteiger partial charge in [0.1, 0.15) is 0 Å². The fourth-order valence-corrected chi connectivity index (χ4v) is 4.65. The molecule has 1 unspecified atom stereocenters. The van der Waals surface area contributed by atoms with Crippen LogP contribution in [0.25, 0.3) is 11.4 Å². The smallest absolute Gasteiger partial charge is 0.241 e. The number of hydrogen-bond donors (Lipinski definition) is 1. The second kappa shape index (κ2) is 12.5. The largest absolute Gasteiger partial charge is 0.493 e. The van der Waals surface area contributed by atoms with Gasteiger partial charge in [0.25, 0.3) is 0 Å². The van der Waals surface area contributed by atoms with Crippen molar-refractivity contribution in [3.63, 3.8) is 0 Å². The molecule has 1 aliphatic heterocycles. The molecule has 204 valence electrons. The molecule has 1 aliphatic rings. The summed E-state index contributed by atoms with van der Waals surface area (Å²) in [6, 6.07) is 9.12. The van der Waals surface area contributed by atoms with Gasteiger partial charge in [-0.05, 0) is 49.7 Å². The van der Waals surface area contributed by atoms with Gasteiger partial charge in [0, 0.05) is 24.2 Å². The summed E-state index contributed by atoms with van der Waals surface area (Å²) in [6.07, 6.45) is 1.71. The number of likely N-dealkylation sites (tertiary alicyclic amines) is 1. The third-order valence-corrected chi connectivity index (χ3v) is 6.58. The molecule has 0 radical (unpaired) electrons. The number of piperidine rings is 1. The molecule has 2 aromatic carbocycles. The molecule has 1 aromatic heterocycles. The van der Waals surface area contributed by atoms with E-state index in [0.29, 0.717) is 60.1 Å². The molecule has 4 rings (SSSR count). The summed E-state index contributed by atoms with van der Waals surface area (Å²) in [6.45, 7) is 2.23. The lowest BCUT2D eigenvalue weighted by atomic mass is 9.97. The third kappa shape index (κ3) is 5.94. The predicted octanol–water partition coefficient (Wildman–Crippen LogP) is 3.31. The van der Waals surface area contributed by atoms with E-state index in [2.05, 4.69) is 20.4 Å². The first-order chi connectivity index (χ1) is 18.5. The number of rotatable bonds is 11. The highest BCUT2D eigenvalue weighted by Crippen LogP contribution is 2.39. The minimum atomic E-state index is -0.150. The standard InChI is InChI=1S/C27H34N4O7/c1-33-20-10-8-17(13-22(20)35-3)26-29-23(38-30-26)16-31-12-6-7-19(15-31)27(32)28-14-18-9-11-21(34-2)25(37-5)24(18)36-4/h8-11,13,19H,6-7,12,14-16H2,1-5H3,(H,28,32). The van der Waals surface area contributed by atoms with Crippen molar-refractivity contribution in [1.29, 1.82) is 0 Å². The number of carbonyl (C=O) groups is 1. The van der Waals surface area contributed by atoms with E-state index in [4.69, 9.17) is 28.2 Å². The van der Waals surface area contributed by atoms with E-state index >= 15 is 0 Å². The van der Waals surface area contributed by atoms with Gasteiger partial charge >= 0.3 is 0 Å². The van der Waals surface area contributed by atoms with Crippen LogP contribution in [-0.2, 0) is 17.9 Å². The third-order valence-electron chi connectivity index (χ3n) is 6.58. The van der Waals surface area contributed by atoms with Crippen LogP contribution in [0.4, 0.5) is 0 Å². The Hall–Kier alpha value is -3.99. The van der Waals surface area contributed by atoms with E-state index in [1.807, 2.05) is 18.2 Å². The molecule has 1 amide bonds. The Morgan fingerprint density at radius 1 is 0.974 bits per heavy atom. The summed E-state index contributed by atoms with van der Waals surface area (Å²) < 4.78 is 32.5. The molecule has 0 saturated carbocycles. The Labute approximate surface area is 222 Å². The fourth-order valence-electron chi connectivity index (χ4n) is 4.65. The SMILES string of the molecule is COc1ccc(-c2noc(CN3CCCC(C(=O)NCc4ccc(OC)c(OC)c4OC)C3)n2)cc1OC. The van der Waals surface area contributed by atoms with Gasteiger partial charge in [-0.3, -0.25) is 9.69 Å². The first-order valence-corrected chi connectivity index (χ1v) is 12.3. The number of ether oxygens (including phenoxy) is 5. The highest BCUT2D eigenvalue weighted by Gasteiger charge is 2.27. The number of amides is 1. The maximum atomic E-state index is 13.0. The van der Waals surface area contributed by atoms with Crippen molar-refractivity contribution in [2.75, 3.05) is 48.6 Å². The molecule has 0 spiro atoms. The molecular formula is C27H34N4O7. The zero-order valence-corrected chi connectivity index (χ0v) is 22.4. The first kappa shape index (κ1) is 27.1. The van der Waals surface area contributed by atoms with Crippen molar-refractivity contribution in [3.8, 4) is 40.1 Å². The highest BCUT2D eigenvalue weighted by molar-refractivity contribution is 5.79. The van der Waals surface area contributed by atoms with Gasteiger partial charge in [0.2, 0.25) is 23.4 Å². The second-order valence-electron chi connectivity index (χ2n) is 8.87. The van der Waals surface area contributed by atoms with Crippen molar-refractivity contribution >= 4 is 5.91 Å². The van der Waals surface area contributed by atoms with E-state index in [-0.39, 0.29) is 11.8 Å². The molecule has 0 aliphatic carbocycles. The van der Waals surface area contributed by atoms with Gasteiger partial charge in [-0.2, -0.15) is 4.98 Å². The molecule has 1 saturated heterocycles.